The van der Waals surface area contributed by atoms with E-state index in [-0.39, 0.29) is 6.04 Å². The molecule has 1 atom stereocenters. The van der Waals surface area contributed by atoms with E-state index < -0.39 is 0 Å². The fourth-order valence-corrected chi connectivity index (χ4v) is 2.79. The zero-order valence-electron chi connectivity index (χ0n) is 9.70. The van der Waals surface area contributed by atoms with E-state index >= 15 is 0 Å². The minimum atomic E-state index is 0.186. The van der Waals surface area contributed by atoms with Crippen LogP contribution in [0.4, 0.5) is 0 Å². The average Bonchev–Trinajstić information content (AvgIpc) is 2.29. The van der Waals surface area contributed by atoms with Crippen molar-refractivity contribution in [2.45, 2.75) is 18.9 Å². The summed E-state index contributed by atoms with van der Waals surface area (Å²) in [5.41, 5.74) is 7.60. The predicted molar refractivity (Wildman–Crippen MR) is 71.3 cm³/mol. The van der Waals surface area contributed by atoms with Crippen LogP contribution >= 0.6 is 15.9 Å². The zero-order chi connectivity index (χ0) is 11.5. The zero-order valence-corrected chi connectivity index (χ0v) is 11.3. The molecule has 1 fully saturated rings. The number of hydrogen-bond donors (Lipinski definition) is 1. The second-order valence-corrected chi connectivity index (χ2v) is 5.64. The Kier molecular flexibility index (Phi) is 4.00. The number of hydrogen-bond acceptors (Lipinski definition) is 2. The highest BCUT2D eigenvalue weighted by atomic mass is 79.9. The smallest absolute Gasteiger partial charge is 0.0324 e. The predicted octanol–water partition coefficient (Wildman–Crippen LogP) is 2.79. The molecule has 2 N–H and O–H groups in total. The molecule has 1 aliphatic heterocycles. The molecule has 2 rings (SSSR count). The van der Waals surface area contributed by atoms with Crippen molar-refractivity contribution in [3.8, 4) is 0 Å². The van der Waals surface area contributed by atoms with Crippen molar-refractivity contribution in [1.29, 1.82) is 0 Å². The molecule has 2 nitrogen and oxygen atoms in total. The van der Waals surface area contributed by atoms with E-state index in [1.807, 2.05) is 6.07 Å². The quantitative estimate of drug-likeness (QED) is 0.904. The Morgan fingerprint density at radius 2 is 2.06 bits per heavy atom. The lowest BCUT2D eigenvalue weighted by molar-refractivity contribution is 0.199. The van der Waals surface area contributed by atoms with Gasteiger partial charge in [-0.25, -0.2) is 0 Å². The summed E-state index contributed by atoms with van der Waals surface area (Å²) in [5, 5.41) is 0. The number of piperidine rings is 1. The van der Waals surface area contributed by atoms with Crippen LogP contribution in [0.25, 0.3) is 0 Å². The van der Waals surface area contributed by atoms with Gasteiger partial charge in [-0.05, 0) is 56.6 Å². The molecule has 0 aromatic heterocycles. The molecule has 1 aromatic carbocycles. The van der Waals surface area contributed by atoms with E-state index in [4.69, 9.17) is 5.73 Å². The Balaban J connectivity index is 2.04. The van der Waals surface area contributed by atoms with Crippen molar-refractivity contribution in [2.24, 2.45) is 11.7 Å². The summed E-state index contributed by atoms with van der Waals surface area (Å²) >= 11 is 3.50. The molecule has 0 aliphatic carbocycles. The van der Waals surface area contributed by atoms with Crippen molar-refractivity contribution in [3.05, 3.63) is 34.3 Å². The number of likely N-dealkylation sites (tertiary alicyclic amines) is 1. The van der Waals surface area contributed by atoms with E-state index in [0.717, 1.165) is 4.47 Å². The molecule has 1 unspecified atom stereocenters. The summed E-state index contributed by atoms with van der Waals surface area (Å²) < 4.78 is 1.12. The lowest BCUT2D eigenvalue weighted by atomic mass is 9.86. The van der Waals surface area contributed by atoms with Gasteiger partial charge in [0.15, 0.2) is 0 Å². The molecule has 1 saturated heterocycles. The molecule has 16 heavy (non-hydrogen) atoms. The van der Waals surface area contributed by atoms with Gasteiger partial charge in [0, 0.05) is 10.5 Å². The van der Waals surface area contributed by atoms with Crippen LogP contribution < -0.4 is 5.73 Å². The first kappa shape index (κ1) is 12.1. The molecule has 0 radical (unpaired) electrons. The second-order valence-electron chi connectivity index (χ2n) is 4.72. The van der Waals surface area contributed by atoms with Crippen molar-refractivity contribution in [3.63, 3.8) is 0 Å². The van der Waals surface area contributed by atoms with Crippen LogP contribution in [0.5, 0.6) is 0 Å². The standard InChI is InChI=1S/C13H19BrN2/c1-16-7-5-10(6-8-16)13(15)11-3-2-4-12(14)9-11/h2-4,9-10,13H,5-8,15H2,1H3. The average molecular weight is 283 g/mol. The SMILES string of the molecule is CN1CCC(C(N)c2cccc(Br)c2)CC1. The summed E-state index contributed by atoms with van der Waals surface area (Å²) in [6.07, 6.45) is 2.42. The third kappa shape index (κ3) is 2.84. The number of rotatable bonds is 2. The fourth-order valence-electron chi connectivity index (χ4n) is 2.37. The minimum absolute atomic E-state index is 0.186. The summed E-state index contributed by atoms with van der Waals surface area (Å²) in [6.45, 7) is 2.35. The monoisotopic (exact) mass is 282 g/mol. The molecule has 0 saturated carbocycles. The van der Waals surface area contributed by atoms with Gasteiger partial charge >= 0.3 is 0 Å². The van der Waals surface area contributed by atoms with Crippen LogP contribution in [0.3, 0.4) is 0 Å². The van der Waals surface area contributed by atoms with E-state index in [9.17, 15) is 0 Å². The number of nitrogens with two attached hydrogens (primary N) is 1. The third-order valence-electron chi connectivity index (χ3n) is 3.50. The molecule has 0 bridgehead atoms. The Labute approximate surface area is 106 Å². The van der Waals surface area contributed by atoms with Gasteiger partial charge in [-0.2, -0.15) is 0 Å². The van der Waals surface area contributed by atoms with Crippen LogP contribution in [-0.4, -0.2) is 25.0 Å². The normalized spacial score (nSPS) is 20.9. The number of halogens is 1. The van der Waals surface area contributed by atoms with Crippen molar-refractivity contribution in [1.82, 2.24) is 4.90 Å². The maximum atomic E-state index is 6.34. The Hall–Kier alpha value is -0.380. The number of benzene rings is 1. The molecular weight excluding hydrogens is 264 g/mol. The summed E-state index contributed by atoms with van der Waals surface area (Å²) in [5.74, 6) is 0.630. The van der Waals surface area contributed by atoms with Crippen LogP contribution in [-0.2, 0) is 0 Å². The topological polar surface area (TPSA) is 29.3 Å². The maximum absolute atomic E-state index is 6.34. The molecule has 0 spiro atoms. The van der Waals surface area contributed by atoms with Gasteiger partial charge in [-0.15, -0.1) is 0 Å². The molecular formula is C13H19BrN2. The fraction of sp³-hybridized carbons (Fsp3) is 0.538. The molecule has 88 valence electrons. The van der Waals surface area contributed by atoms with Crippen LogP contribution in [0.2, 0.25) is 0 Å². The van der Waals surface area contributed by atoms with Crippen LogP contribution in [0.1, 0.15) is 24.4 Å². The minimum Gasteiger partial charge on any atom is -0.324 e. The highest BCUT2D eigenvalue weighted by Crippen LogP contribution is 2.29. The summed E-state index contributed by atoms with van der Waals surface area (Å²) in [6, 6.07) is 8.57. The van der Waals surface area contributed by atoms with Gasteiger partial charge < -0.3 is 10.6 Å². The Morgan fingerprint density at radius 1 is 1.38 bits per heavy atom. The first-order chi connectivity index (χ1) is 7.66. The molecule has 3 heteroatoms. The van der Waals surface area contributed by atoms with Gasteiger partial charge in [-0.3, -0.25) is 0 Å². The summed E-state index contributed by atoms with van der Waals surface area (Å²) in [4.78, 5) is 2.38. The second kappa shape index (κ2) is 5.30. The van der Waals surface area contributed by atoms with Crippen molar-refractivity contribution in [2.75, 3.05) is 20.1 Å². The third-order valence-corrected chi connectivity index (χ3v) is 4.00. The van der Waals surface area contributed by atoms with Gasteiger partial charge in [0.1, 0.15) is 0 Å². The lowest BCUT2D eigenvalue weighted by Crippen LogP contribution is -2.35. The molecule has 1 heterocycles. The Bertz CT molecular complexity index is 346. The highest BCUT2D eigenvalue weighted by Gasteiger charge is 2.23. The summed E-state index contributed by atoms with van der Waals surface area (Å²) in [7, 11) is 2.18. The van der Waals surface area contributed by atoms with Crippen LogP contribution in [0.15, 0.2) is 28.7 Å². The lowest BCUT2D eigenvalue weighted by Gasteiger charge is -2.32. The van der Waals surface area contributed by atoms with E-state index in [0.29, 0.717) is 5.92 Å². The molecule has 0 amide bonds. The maximum Gasteiger partial charge on any atom is 0.0324 e. The Morgan fingerprint density at radius 3 is 2.69 bits per heavy atom. The largest absolute Gasteiger partial charge is 0.324 e. The number of nitrogens with zero attached hydrogens (tertiary/aromatic N) is 1. The van der Waals surface area contributed by atoms with E-state index in [1.54, 1.807) is 0 Å². The van der Waals surface area contributed by atoms with E-state index in [1.165, 1.54) is 31.5 Å². The van der Waals surface area contributed by atoms with Crippen LogP contribution in [0, 0.1) is 5.92 Å². The van der Waals surface area contributed by atoms with E-state index in [2.05, 4.69) is 46.1 Å². The molecule has 1 aliphatic rings. The van der Waals surface area contributed by atoms with Gasteiger partial charge in [0.2, 0.25) is 0 Å². The van der Waals surface area contributed by atoms with Gasteiger partial charge in [-0.1, -0.05) is 28.1 Å². The highest BCUT2D eigenvalue weighted by molar-refractivity contribution is 9.10. The van der Waals surface area contributed by atoms with Gasteiger partial charge in [0.05, 0.1) is 0 Å². The first-order valence-electron chi connectivity index (χ1n) is 5.86. The first-order valence-corrected chi connectivity index (χ1v) is 6.65. The van der Waals surface area contributed by atoms with Crippen molar-refractivity contribution >= 4 is 15.9 Å². The van der Waals surface area contributed by atoms with Gasteiger partial charge in [0.25, 0.3) is 0 Å². The van der Waals surface area contributed by atoms with Crippen molar-refractivity contribution < 1.29 is 0 Å². The molecule has 1 aromatic rings.